The van der Waals surface area contributed by atoms with Gasteiger partial charge in [-0.1, -0.05) is 32.3 Å². The molecule has 0 aromatic rings. The molecule has 1 heteroatoms. The van der Waals surface area contributed by atoms with E-state index in [1.165, 1.54) is 64.2 Å². The van der Waals surface area contributed by atoms with Crippen molar-refractivity contribution in [3.63, 3.8) is 0 Å². The summed E-state index contributed by atoms with van der Waals surface area (Å²) in [5.74, 6) is 2.47. The highest BCUT2D eigenvalue weighted by Crippen LogP contribution is 2.36. The lowest BCUT2D eigenvalue weighted by molar-refractivity contribution is -0.0585. The average molecular weight is 264 g/mol. The minimum atomic E-state index is 0.577. The maximum absolute atomic E-state index is 6.20. The van der Waals surface area contributed by atoms with Crippen molar-refractivity contribution in [3.8, 4) is 0 Å². The molecule has 2 atom stereocenters. The van der Waals surface area contributed by atoms with Crippen LogP contribution in [0, 0.1) is 17.8 Å². The van der Waals surface area contributed by atoms with Crippen LogP contribution < -0.4 is 0 Å². The first-order chi connectivity index (χ1) is 9.33. The number of allylic oxidation sites excluding steroid dienone is 1. The monoisotopic (exact) mass is 264 g/mol. The number of hydrogen-bond donors (Lipinski definition) is 0. The maximum Gasteiger partial charge on any atom is 0.0603 e. The van der Waals surface area contributed by atoms with Crippen LogP contribution in [-0.4, -0.2) is 12.7 Å². The number of unbranched alkanes of at least 4 members (excludes halogenated alkanes) is 2. The van der Waals surface area contributed by atoms with Crippen LogP contribution in [0.4, 0.5) is 0 Å². The summed E-state index contributed by atoms with van der Waals surface area (Å²) in [4.78, 5) is 0. The van der Waals surface area contributed by atoms with E-state index in [1.54, 1.807) is 0 Å². The Morgan fingerprint density at radius 3 is 2.42 bits per heavy atom. The molecular weight excluding hydrogens is 232 g/mol. The molecule has 1 saturated carbocycles. The zero-order valence-electron chi connectivity index (χ0n) is 12.8. The van der Waals surface area contributed by atoms with Gasteiger partial charge in [-0.2, -0.15) is 0 Å². The highest BCUT2D eigenvalue weighted by molar-refractivity contribution is 4.87. The van der Waals surface area contributed by atoms with Gasteiger partial charge >= 0.3 is 0 Å². The fraction of sp³-hybridized carbons (Fsp3) is 0.889. The third-order valence-corrected chi connectivity index (χ3v) is 5.30. The van der Waals surface area contributed by atoms with Crippen molar-refractivity contribution < 1.29 is 4.74 Å². The quantitative estimate of drug-likeness (QED) is 0.464. The molecule has 0 aromatic heterocycles. The summed E-state index contributed by atoms with van der Waals surface area (Å²) in [5.41, 5.74) is 0. The Morgan fingerprint density at radius 2 is 1.84 bits per heavy atom. The van der Waals surface area contributed by atoms with E-state index in [2.05, 4.69) is 19.6 Å². The smallest absolute Gasteiger partial charge is 0.0603 e. The Balaban J connectivity index is 1.64. The van der Waals surface area contributed by atoms with E-state index in [1.807, 2.05) is 0 Å². The Hall–Kier alpha value is -0.300. The van der Waals surface area contributed by atoms with Crippen LogP contribution in [-0.2, 0) is 4.74 Å². The standard InChI is InChI=1S/C18H32O/c1-3-5-6-7-16-10-13-18(19-14-16)17-11-8-15(4-2)9-12-17/h4,15-18H,2-3,5-14H2,1H3. The Bertz CT molecular complexity index is 244. The lowest BCUT2D eigenvalue weighted by Gasteiger charge is -2.37. The molecule has 1 heterocycles. The first-order valence-electron chi connectivity index (χ1n) is 8.57. The van der Waals surface area contributed by atoms with Crippen molar-refractivity contribution in [2.24, 2.45) is 17.8 Å². The van der Waals surface area contributed by atoms with Crippen LogP contribution in [0.3, 0.4) is 0 Å². The van der Waals surface area contributed by atoms with Crippen molar-refractivity contribution in [1.29, 1.82) is 0 Å². The Kier molecular flexibility index (Phi) is 6.43. The molecule has 0 bridgehead atoms. The third kappa shape index (κ3) is 4.63. The highest BCUT2D eigenvalue weighted by atomic mass is 16.5. The summed E-state index contributed by atoms with van der Waals surface area (Å²) in [6, 6.07) is 0. The summed E-state index contributed by atoms with van der Waals surface area (Å²) in [6.07, 6.45) is 16.4. The molecule has 1 nitrogen and oxygen atoms in total. The summed E-state index contributed by atoms with van der Waals surface area (Å²) in [5, 5.41) is 0. The highest BCUT2D eigenvalue weighted by Gasteiger charge is 2.30. The van der Waals surface area contributed by atoms with Crippen molar-refractivity contribution in [1.82, 2.24) is 0 Å². The van der Waals surface area contributed by atoms with Gasteiger partial charge in [0.25, 0.3) is 0 Å². The molecule has 2 aliphatic rings. The number of rotatable bonds is 6. The average Bonchev–Trinajstić information content (AvgIpc) is 2.48. The van der Waals surface area contributed by atoms with Gasteiger partial charge in [0.05, 0.1) is 6.10 Å². The molecule has 0 N–H and O–H groups in total. The van der Waals surface area contributed by atoms with E-state index >= 15 is 0 Å². The van der Waals surface area contributed by atoms with Gasteiger partial charge in [-0.3, -0.25) is 0 Å². The molecule has 0 aromatic carbocycles. The SMILES string of the molecule is C=CC1CCC(C2CCC(CCCCC)CO2)CC1. The van der Waals surface area contributed by atoms with Crippen molar-refractivity contribution in [3.05, 3.63) is 12.7 Å². The van der Waals surface area contributed by atoms with Crippen LogP contribution in [0.25, 0.3) is 0 Å². The normalized spacial score (nSPS) is 36.1. The van der Waals surface area contributed by atoms with Gasteiger partial charge in [0.2, 0.25) is 0 Å². The molecule has 2 unspecified atom stereocenters. The number of hydrogen-bond acceptors (Lipinski definition) is 1. The second-order valence-electron chi connectivity index (χ2n) is 6.72. The minimum absolute atomic E-state index is 0.577. The van der Waals surface area contributed by atoms with Gasteiger partial charge in [-0.15, -0.1) is 6.58 Å². The molecule has 0 spiro atoms. The van der Waals surface area contributed by atoms with E-state index < -0.39 is 0 Å². The Labute approximate surface area is 119 Å². The molecular formula is C18H32O. The predicted octanol–water partition coefficient (Wildman–Crippen LogP) is 5.35. The fourth-order valence-electron chi connectivity index (χ4n) is 3.86. The van der Waals surface area contributed by atoms with Gasteiger partial charge in [-0.25, -0.2) is 0 Å². The Morgan fingerprint density at radius 1 is 1.05 bits per heavy atom. The topological polar surface area (TPSA) is 9.23 Å². The van der Waals surface area contributed by atoms with Crippen LogP contribution in [0.15, 0.2) is 12.7 Å². The second kappa shape index (κ2) is 8.09. The van der Waals surface area contributed by atoms with Crippen LogP contribution in [0.1, 0.15) is 71.1 Å². The first-order valence-corrected chi connectivity index (χ1v) is 8.57. The van der Waals surface area contributed by atoms with E-state index in [0.717, 1.165) is 24.4 Å². The molecule has 0 amide bonds. The van der Waals surface area contributed by atoms with Crippen molar-refractivity contribution in [2.75, 3.05) is 6.61 Å². The van der Waals surface area contributed by atoms with E-state index in [-0.39, 0.29) is 0 Å². The first kappa shape index (κ1) is 15.1. The minimum Gasteiger partial charge on any atom is -0.378 e. The molecule has 0 radical (unpaired) electrons. The maximum atomic E-state index is 6.20. The molecule has 2 fully saturated rings. The van der Waals surface area contributed by atoms with Crippen LogP contribution in [0.5, 0.6) is 0 Å². The summed E-state index contributed by atoms with van der Waals surface area (Å²) in [6.45, 7) is 7.26. The van der Waals surface area contributed by atoms with Gasteiger partial charge in [-0.05, 0) is 62.7 Å². The van der Waals surface area contributed by atoms with Gasteiger partial charge in [0, 0.05) is 6.61 Å². The van der Waals surface area contributed by atoms with Gasteiger partial charge in [0.15, 0.2) is 0 Å². The lowest BCUT2D eigenvalue weighted by atomic mass is 9.77. The lowest BCUT2D eigenvalue weighted by Crippen LogP contribution is -2.34. The van der Waals surface area contributed by atoms with Crippen molar-refractivity contribution in [2.45, 2.75) is 77.2 Å². The largest absolute Gasteiger partial charge is 0.378 e. The number of ether oxygens (including phenoxy) is 1. The van der Waals surface area contributed by atoms with Gasteiger partial charge < -0.3 is 4.74 Å². The molecule has 1 aliphatic heterocycles. The van der Waals surface area contributed by atoms with Crippen LogP contribution >= 0.6 is 0 Å². The molecule has 19 heavy (non-hydrogen) atoms. The van der Waals surface area contributed by atoms with Crippen molar-refractivity contribution >= 4 is 0 Å². The summed E-state index contributed by atoms with van der Waals surface area (Å²) < 4.78 is 6.20. The molecule has 1 aliphatic carbocycles. The molecule has 2 rings (SSSR count). The molecule has 110 valence electrons. The molecule has 1 saturated heterocycles. The van der Waals surface area contributed by atoms with Gasteiger partial charge in [0.1, 0.15) is 0 Å². The van der Waals surface area contributed by atoms with E-state index in [9.17, 15) is 0 Å². The summed E-state index contributed by atoms with van der Waals surface area (Å²) >= 11 is 0. The zero-order chi connectivity index (χ0) is 13.5. The second-order valence-corrected chi connectivity index (χ2v) is 6.72. The van der Waals surface area contributed by atoms with Crippen LogP contribution in [0.2, 0.25) is 0 Å². The summed E-state index contributed by atoms with van der Waals surface area (Å²) in [7, 11) is 0. The zero-order valence-corrected chi connectivity index (χ0v) is 12.8. The third-order valence-electron chi connectivity index (χ3n) is 5.30. The fourth-order valence-corrected chi connectivity index (χ4v) is 3.86. The van der Waals surface area contributed by atoms with E-state index in [0.29, 0.717) is 6.10 Å². The van der Waals surface area contributed by atoms with E-state index in [4.69, 9.17) is 4.74 Å². The predicted molar refractivity (Wildman–Crippen MR) is 82.3 cm³/mol.